The summed E-state index contributed by atoms with van der Waals surface area (Å²) in [4.78, 5) is 0. The number of hydrogen-bond donors (Lipinski definition) is 1. The van der Waals surface area contributed by atoms with Crippen molar-refractivity contribution in [2.24, 2.45) is 5.92 Å². The van der Waals surface area contributed by atoms with Crippen LogP contribution in [0.4, 0.5) is 0 Å². The Balaban J connectivity index is 2.56. The maximum atomic E-state index is 3.68. The van der Waals surface area contributed by atoms with Crippen LogP contribution in [0.2, 0.25) is 0 Å². The predicted octanol–water partition coefficient (Wildman–Crippen LogP) is 4.86. The second-order valence-corrected chi connectivity index (χ2v) is 5.74. The first-order valence-electron chi connectivity index (χ1n) is 7.43. The van der Waals surface area contributed by atoms with Crippen molar-refractivity contribution in [2.45, 2.75) is 59.4 Å². The van der Waals surface area contributed by atoms with Crippen molar-refractivity contribution < 1.29 is 0 Å². The van der Waals surface area contributed by atoms with Gasteiger partial charge in [-0.05, 0) is 37.8 Å². The SMILES string of the molecule is CCCNC(CCCC(C)C)c1ccc(C)cc1. The number of nitrogens with one attached hydrogen (secondary N) is 1. The Kier molecular flexibility index (Phi) is 7.04. The zero-order chi connectivity index (χ0) is 13.4. The van der Waals surface area contributed by atoms with Gasteiger partial charge in [-0.3, -0.25) is 0 Å². The molecule has 0 fully saturated rings. The van der Waals surface area contributed by atoms with Gasteiger partial charge < -0.3 is 5.32 Å². The second kappa shape index (κ2) is 8.31. The summed E-state index contributed by atoms with van der Waals surface area (Å²) in [5, 5.41) is 3.68. The van der Waals surface area contributed by atoms with Gasteiger partial charge in [0.1, 0.15) is 0 Å². The number of benzene rings is 1. The molecule has 0 radical (unpaired) electrons. The summed E-state index contributed by atoms with van der Waals surface area (Å²) in [5.41, 5.74) is 2.79. The summed E-state index contributed by atoms with van der Waals surface area (Å²) < 4.78 is 0. The van der Waals surface area contributed by atoms with Crippen LogP contribution in [0.5, 0.6) is 0 Å². The quantitative estimate of drug-likeness (QED) is 0.691. The third-order valence-electron chi connectivity index (χ3n) is 3.39. The molecule has 1 aromatic rings. The van der Waals surface area contributed by atoms with Crippen LogP contribution >= 0.6 is 0 Å². The Hall–Kier alpha value is -0.820. The molecule has 0 heterocycles. The minimum Gasteiger partial charge on any atom is -0.310 e. The normalized spacial score (nSPS) is 12.9. The topological polar surface area (TPSA) is 12.0 Å². The molecule has 0 aliphatic rings. The molecule has 18 heavy (non-hydrogen) atoms. The minimum absolute atomic E-state index is 0.532. The molecule has 1 rings (SSSR count). The Morgan fingerprint density at radius 3 is 2.28 bits per heavy atom. The zero-order valence-electron chi connectivity index (χ0n) is 12.5. The molecular formula is C17H29N. The molecule has 0 saturated carbocycles. The monoisotopic (exact) mass is 247 g/mol. The van der Waals surface area contributed by atoms with E-state index in [1.165, 1.54) is 36.8 Å². The highest BCUT2D eigenvalue weighted by Gasteiger charge is 2.10. The Labute approximate surface area is 113 Å². The fraction of sp³-hybridized carbons (Fsp3) is 0.647. The van der Waals surface area contributed by atoms with E-state index < -0.39 is 0 Å². The molecule has 1 atom stereocenters. The van der Waals surface area contributed by atoms with Crippen molar-refractivity contribution in [3.63, 3.8) is 0 Å². The molecule has 0 aliphatic heterocycles. The van der Waals surface area contributed by atoms with Gasteiger partial charge in [0.15, 0.2) is 0 Å². The van der Waals surface area contributed by atoms with Crippen LogP contribution in [0.15, 0.2) is 24.3 Å². The molecule has 0 aliphatic carbocycles. The Morgan fingerprint density at radius 1 is 1.06 bits per heavy atom. The van der Waals surface area contributed by atoms with Gasteiger partial charge in [0.25, 0.3) is 0 Å². The molecule has 0 bridgehead atoms. The number of aryl methyl sites for hydroxylation is 1. The molecule has 102 valence electrons. The summed E-state index contributed by atoms with van der Waals surface area (Å²) in [6.45, 7) is 10.1. The highest BCUT2D eigenvalue weighted by Crippen LogP contribution is 2.21. The largest absolute Gasteiger partial charge is 0.310 e. The number of rotatable bonds is 8. The average Bonchev–Trinajstić information content (AvgIpc) is 2.34. The first kappa shape index (κ1) is 15.2. The lowest BCUT2D eigenvalue weighted by Crippen LogP contribution is -2.22. The van der Waals surface area contributed by atoms with Crippen molar-refractivity contribution in [3.8, 4) is 0 Å². The smallest absolute Gasteiger partial charge is 0.0320 e. The molecule has 1 heteroatoms. The molecule has 1 nitrogen and oxygen atoms in total. The van der Waals surface area contributed by atoms with Crippen molar-refractivity contribution in [3.05, 3.63) is 35.4 Å². The lowest BCUT2D eigenvalue weighted by atomic mass is 9.97. The van der Waals surface area contributed by atoms with E-state index in [1.54, 1.807) is 0 Å². The first-order valence-corrected chi connectivity index (χ1v) is 7.43. The highest BCUT2D eigenvalue weighted by atomic mass is 14.9. The van der Waals surface area contributed by atoms with Crippen LogP contribution in [0, 0.1) is 12.8 Å². The van der Waals surface area contributed by atoms with Gasteiger partial charge >= 0.3 is 0 Å². The molecular weight excluding hydrogens is 218 g/mol. The van der Waals surface area contributed by atoms with Crippen LogP contribution in [0.25, 0.3) is 0 Å². The van der Waals surface area contributed by atoms with Gasteiger partial charge in [-0.2, -0.15) is 0 Å². The van der Waals surface area contributed by atoms with Gasteiger partial charge in [0.05, 0.1) is 0 Å². The molecule has 0 aromatic heterocycles. The summed E-state index contributed by atoms with van der Waals surface area (Å²) in [7, 11) is 0. The Bertz CT molecular complexity index is 313. The first-order chi connectivity index (χ1) is 8.63. The van der Waals surface area contributed by atoms with Crippen LogP contribution in [0.1, 0.15) is 63.6 Å². The van der Waals surface area contributed by atoms with Gasteiger partial charge in [-0.1, -0.05) is 63.4 Å². The maximum Gasteiger partial charge on any atom is 0.0320 e. The average molecular weight is 247 g/mol. The lowest BCUT2D eigenvalue weighted by Gasteiger charge is -2.19. The van der Waals surface area contributed by atoms with Crippen molar-refractivity contribution in [1.29, 1.82) is 0 Å². The van der Waals surface area contributed by atoms with Crippen molar-refractivity contribution in [1.82, 2.24) is 5.32 Å². The maximum absolute atomic E-state index is 3.68. The summed E-state index contributed by atoms with van der Waals surface area (Å²) in [6.07, 6.45) is 5.09. The molecule has 1 aromatic carbocycles. The van der Waals surface area contributed by atoms with E-state index in [4.69, 9.17) is 0 Å². The molecule has 0 spiro atoms. The van der Waals surface area contributed by atoms with Crippen LogP contribution < -0.4 is 5.32 Å². The third-order valence-corrected chi connectivity index (χ3v) is 3.39. The van der Waals surface area contributed by atoms with E-state index in [2.05, 4.69) is 57.3 Å². The summed E-state index contributed by atoms with van der Waals surface area (Å²) in [5.74, 6) is 0.815. The van der Waals surface area contributed by atoms with E-state index in [-0.39, 0.29) is 0 Å². The second-order valence-electron chi connectivity index (χ2n) is 5.74. The van der Waals surface area contributed by atoms with Crippen molar-refractivity contribution >= 4 is 0 Å². The van der Waals surface area contributed by atoms with E-state index in [0.717, 1.165) is 12.5 Å². The third kappa shape index (κ3) is 5.68. The lowest BCUT2D eigenvalue weighted by molar-refractivity contribution is 0.447. The molecule has 0 saturated heterocycles. The van der Waals surface area contributed by atoms with Crippen molar-refractivity contribution in [2.75, 3.05) is 6.54 Å². The fourth-order valence-corrected chi connectivity index (χ4v) is 2.23. The standard InChI is InChI=1S/C17H29N/c1-5-13-18-17(8-6-7-14(2)3)16-11-9-15(4)10-12-16/h9-12,14,17-18H,5-8,13H2,1-4H3. The van der Waals surface area contributed by atoms with Gasteiger partial charge in [0.2, 0.25) is 0 Å². The van der Waals surface area contributed by atoms with Crippen LogP contribution in [-0.2, 0) is 0 Å². The van der Waals surface area contributed by atoms with Gasteiger partial charge in [-0.25, -0.2) is 0 Å². The fourth-order valence-electron chi connectivity index (χ4n) is 2.23. The molecule has 1 unspecified atom stereocenters. The number of hydrogen-bond acceptors (Lipinski definition) is 1. The molecule has 0 amide bonds. The Morgan fingerprint density at radius 2 is 1.72 bits per heavy atom. The predicted molar refractivity (Wildman–Crippen MR) is 80.9 cm³/mol. The molecule has 1 N–H and O–H groups in total. The summed E-state index contributed by atoms with van der Waals surface area (Å²) in [6, 6.07) is 9.52. The van der Waals surface area contributed by atoms with E-state index >= 15 is 0 Å². The van der Waals surface area contributed by atoms with Crippen LogP contribution in [0.3, 0.4) is 0 Å². The highest BCUT2D eigenvalue weighted by molar-refractivity contribution is 5.24. The van der Waals surface area contributed by atoms with E-state index in [0.29, 0.717) is 6.04 Å². The summed E-state index contributed by atoms with van der Waals surface area (Å²) >= 11 is 0. The van der Waals surface area contributed by atoms with Gasteiger partial charge in [0, 0.05) is 6.04 Å². The van der Waals surface area contributed by atoms with Crippen LogP contribution in [-0.4, -0.2) is 6.54 Å². The van der Waals surface area contributed by atoms with Gasteiger partial charge in [-0.15, -0.1) is 0 Å². The minimum atomic E-state index is 0.532. The van der Waals surface area contributed by atoms with E-state index in [1.807, 2.05) is 0 Å². The van der Waals surface area contributed by atoms with E-state index in [9.17, 15) is 0 Å². The zero-order valence-corrected chi connectivity index (χ0v) is 12.5.